The molecule has 0 spiro atoms. The van der Waals surface area contributed by atoms with E-state index >= 15 is 0 Å². The minimum Gasteiger partial charge on any atom is -0.383 e. The fraction of sp³-hybridized carbons (Fsp3) is 0.833. The number of ether oxygens (including phenoxy) is 1. The van der Waals surface area contributed by atoms with Crippen LogP contribution < -0.4 is 11.1 Å². The van der Waals surface area contributed by atoms with Gasteiger partial charge in [-0.15, -0.1) is 0 Å². The summed E-state index contributed by atoms with van der Waals surface area (Å²) < 4.78 is 4.81. The minimum atomic E-state index is -0.512. The van der Waals surface area contributed by atoms with Crippen molar-refractivity contribution in [2.45, 2.75) is 32.2 Å². The Morgan fingerprint density at radius 1 is 1.44 bits per heavy atom. The lowest BCUT2D eigenvalue weighted by atomic mass is 10.1. The van der Waals surface area contributed by atoms with Crippen LogP contribution in [0.15, 0.2) is 0 Å². The third-order valence-corrected chi connectivity index (χ3v) is 2.57. The molecule has 0 aromatic rings. The van der Waals surface area contributed by atoms with Gasteiger partial charge in [-0.25, -0.2) is 0 Å². The van der Waals surface area contributed by atoms with Gasteiger partial charge in [0, 0.05) is 20.7 Å². The van der Waals surface area contributed by atoms with Crippen molar-refractivity contribution in [3.8, 4) is 0 Å². The van der Waals surface area contributed by atoms with Gasteiger partial charge in [-0.2, -0.15) is 0 Å². The second kappa shape index (κ2) is 9.85. The smallest absolute Gasteiger partial charge is 0.239 e. The summed E-state index contributed by atoms with van der Waals surface area (Å²) in [4.78, 5) is 24.6. The normalized spacial score (nSPS) is 12.0. The van der Waals surface area contributed by atoms with Crippen LogP contribution in [-0.2, 0) is 14.3 Å². The third kappa shape index (κ3) is 7.24. The zero-order valence-corrected chi connectivity index (χ0v) is 11.6. The van der Waals surface area contributed by atoms with Gasteiger partial charge in [0.2, 0.25) is 11.8 Å². The van der Waals surface area contributed by atoms with E-state index in [0.717, 1.165) is 12.8 Å². The molecule has 6 nitrogen and oxygen atoms in total. The number of rotatable bonds is 9. The first-order chi connectivity index (χ1) is 8.52. The van der Waals surface area contributed by atoms with E-state index in [2.05, 4.69) is 5.32 Å². The van der Waals surface area contributed by atoms with Crippen LogP contribution in [0.5, 0.6) is 0 Å². The average Bonchev–Trinajstić information content (AvgIpc) is 2.35. The van der Waals surface area contributed by atoms with Gasteiger partial charge in [-0.1, -0.05) is 19.8 Å². The second-order valence-electron chi connectivity index (χ2n) is 4.29. The predicted molar refractivity (Wildman–Crippen MR) is 70.0 cm³/mol. The first kappa shape index (κ1) is 16.9. The molecule has 0 saturated heterocycles. The van der Waals surface area contributed by atoms with Gasteiger partial charge in [0.25, 0.3) is 0 Å². The lowest BCUT2D eigenvalue weighted by molar-refractivity contribution is -0.135. The molecule has 0 rings (SSSR count). The third-order valence-electron chi connectivity index (χ3n) is 2.57. The zero-order chi connectivity index (χ0) is 14.0. The number of methoxy groups -OCH3 is 1. The molecule has 0 heterocycles. The number of amides is 2. The van der Waals surface area contributed by atoms with Gasteiger partial charge < -0.3 is 20.7 Å². The van der Waals surface area contributed by atoms with Crippen LogP contribution in [0.25, 0.3) is 0 Å². The fourth-order valence-corrected chi connectivity index (χ4v) is 1.47. The first-order valence-electron chi connectivity index (χ1n) is 6.29. The van der Waals surface area contributed by atoms with Gasteiger partial charge in [-0.3, -0.25) is 9.59 Å². The molecular formula is C12H25N3O3. The molecule has 0 aliphatic carbocycles. The van der Waals surface area contributed by atoms with Crippen molar-refractivity contribution in [1.82, 2.24) is 10.2 Å². The molecule has 0 bridgehead atoms. The number of likely N-dealkylation sites (N-methyl/N-ethyl adjacent to an activating group) is 1. The van der Waals surface area contributed by atoms with Crippen LogP contribution in [0.2, 0.25) is 0 Å². The molecule has 0 saturated carbocycles. The van der Waals surface area contributed by atoms with Crippen molar-refractivity contribution in [3.05, 3.63) is 0 Å². The van der Waals surface area contributed by atoms with Crippen molar-refractivity contribution in [2.75, 3.05) is 33.9 Å². The molecular weight excluding hydrogens is 234 g/mol. The molecule has 3 N–H and O–H groups in total. The van der Waals surface area contributed by atoms with E-state index in [4.69, 9.17) is 10.5 Å². The van der Waals surface area contributed by atoms with E-state index in [9.17, 15) is 9.59 Å². The van der Waals surface area contributed by atoms with Gasteiger partial charge in [0.15, 0.2) is 0 Å². The second-order valence-corrected chi connectivity index (χ2v) is 4.29. The van der Waals surface area contributed by atoms with Crippen LogP contribution in [0.1, 0.15) is 26.2 Å². The number of nitrogens with zero attached hydrogens (tertiary/aromatic N) is 1. The summed E-state index contributed by atoms with van der Waals surface area (Å²) >= 11 is 0. The van der Waals surface area contributed by atoms with Gasteiger partial charge >= 0.3 is 0 Å². The van der Waals surface area contributed by atoms with Crippen LogP contribution in [0.4, 0.5) is 0 Å². The maximum Gasteiger partial charge on any atom is 0.239 e. The van der Waals surface area contributed by atoms with E-state index in [1.807, 2.05) is 6.92 Å². The SMILES string of the molecule is CCCC[C@H](N)C(=O)N(C)CC(=O)NCCOC. The summed E-state index contributed by atoms with van der Waals surface area (Å²) in [5, 5.41) is 2.65. The van der Waals surface area contributed by atoms with Crippen molar-refractivity contribution < 1.29 is 14.3 Å². The molecule has 6 heteroatoms. The largest absolute Gasteiger partial charge is 0.383 e. The van der Waals surface area contributed by atoms with Gasteiger partial charge in [0.1, 0.15) is 0 Å². The van der Waals surface area contributed by atoms with Gasteiger partial charge in [-0.05, 0) is 6.42 Å². The summed E-state index contributed by atoms with van der Waals surface area (Å²) in [7, 11) is 3.15. The zero-order valence-electron chi connectivity index (χ0n) is 11.6. The van der Waals surface area contributed by atoms with Crippen molar-refractivity contribution in [3.63, 3.8) is 0 Å². The minimum absolute atomic E-state index is 0.0301. The number of carbonyl (C=O) groups excluding carboxylic acids is 2. The number of hydrogen-bond donors (Lipinski definition) is 2. The Bertz CT molecular complexity index is 259. The quantitative estimate of drug-likeness (QED) is 0.558. The molecule has 1 atom stereocenters. The Morgan fingerprint density at radius 3 is 2.67 bits per heavy atom. The first-order valence-corrected chi connectivity index (χ1v) is 6.29. The Labute approximate surface area is 109 Å². The predicted octanol–water partition coefficient (Wildman–Crippen LogP) is -0.275. The Morgan fingerprint density at radius 2 is 2.11 bits per heavy atom. The molecule has 0 unspecified atom stereocenters. The average molecular weight is 259 g/mol. The molecule has 0 aliphatic heterocycles. The number of unbranched alkanes of at least 4 members (excludes halogenated alkanes) is 1. The Balaban J connectivity index is 3.95. The highest BCUT2D eigenvalue weighted by Crippen LogP contribution is 2.01. The Hall–Kier alpha value is -1.14. The van der Waals surface area contributed by atoms with Crippen LogP contribution in [0, 0.1) is 0 Å². The van der Waals surface area contributed by atoms with E-state index < -0.39 is 6.04 Å². The van der Waals surface area contributed by atoms with Crippen molar-refractivity contribution >= 4 is 11.8 Å². The van der Waals surface area contributed by atoms with Crippen LogP contribution in [-0.4, -0.2) is 56.6 Å². The lowest BCUT2D eigenvalue weighted by Crippen LogP contribution is -2.46. The summed E-state index contributed by atoms with van der Waals surface area (Å²) in [6.07, 6.45) is 2.58. The number of carbonyl (C=O) groups is 2. The lowest BCUT2D eigenvalue weighted by Gasteiger charge is -2.20. The highest BCUT2D eigenvalue weighted by atomic mass is 16.5. The molecule has 106 valence electrons. The molecule has 0 radical (unpaired) electrons. The highest BCUT2D eigenvalue weighted by molar-refractivity contribution is 5.87. The highest BCUT2D eigenvalue weighted by Gasteiger charge is 2.19. The molecule has 0 fully saturated rings. The van der Waals surface area contributed by atoms with Crippen LogP contribution in [0.3, 0.4) is 0 Å². The molecule has 0 aromatic heterocycles. The molecule has 0 aliphatic rings. The van der Waals surface area contributed by atoms with E-state index in [1.165, 1.54) is 4.90 Å². The van der Waals surface area contributed by atoms with Gasteiger partial charge in [0.05, 0.1) is 19.2 Å². The van der Waals surface area contributed by atoms with Crippen LogP contribution >= 0.6 is 0 Å². The fourth-order valence-electron chi connectivity index (χ4n) is 1.47. The van der Waals surface area contributed by atoms with Crippen molar-refractivity contribution in [2.24, 2.45) is 5.73 Å². The maximum absolute atomic E-state index is 11.8. The number of hydrogen-bond acceptors (Lipinski definition) is 4. The summed E-state index contributed by atoms with van der Waals surface area (Å²) in [6, 6.07) is -0.512. The Kier molecular flexibility index (Phi) is 9.22. The summed E-state index contributed by atoms with van der Waals surface area (Å²) in [5.74, 6) is -0.393. The molecule has 18 heavy (non-hydrogen) atoms. The number of nitrogens with two attached hydrogens (primary N) is 1. The summed E-state index contributed by atoms with van der Waals surface area (Å²) in [6.45, 7) is 2.98. The standard InChI is InChI=1S/C12H25N3O3/c1-4-5-6-10(13)12(17)15(2)9-11(16)14-7-8-18-3/h10H,4-9,13H2,1-3H3,(H,14,16)/t10-/m0/s1. The molecule has 2 amide bonds. The topological polar surface area (TPSA) is 84.7 Å². The number of nitrogens with one attached hydrogen (secondary N) is 1. The van der Waals surface area contributed by atoms with E-state index in [1.54, 1.807) is 14.2 Å². The van der Waals surface area contributed by atoms with Crippen molar-refractivity contribution in [1.29, 1.82) is 0 Å². The maximum atomic E-state index is 11.8. The molecule has 0 aromatic carbocycles. The monoisotopic (exact) mass is 259 g/mol. The van der Waals surface area contributed by atoms with E-state index in [-0.39, 0.29) is 18.4 Å². The van der Waals surface area contributed by atoms with E-state index in [0.29, 0.717) is 19.6 Å². The summed E-state index contributed by atoms with van der Waals surface area (Å²) in [5.41, 5.74) is 5.76.